The third kappa shape index (κ3) is 6.87. The molecule has 1 amide bonds. The maximum absolute atomic E-state index is 11.3. The number of likely N-dealkylation sites (N-methyl/N-ethyl adjacent to an activating group) is 1. The number of aliphatic hydroxyl groups is 1. The number of ether oxygens (including phenoxy) is 2. The summed E-state index contributed by atoms with van der Waals surface area (Å²) in [6, 6.07) is 0.265. The van der Waals surface area contributed by atoms with Gasteiger partial charge in [-0.3, -0.25) is 4.79 Å². The second-order valence-electron chi connectivity index (χ2n) is 4.84. The molecule has 0 aromatic rings. The lowest BCUT2D eigenvalue weighted by Crippen LogP contribution is -2.48. The van der Waals surface area contributed by atoms with Crippen molar-refractivity contribution in [1.29, 1.82) is 0 Å². The maximum Gasteiger partial charge on any atom is 0.222 e. The fourth-order valence-electron chi connectivity index (χ4n) is 2.02. The molecular formula is C13H26N2O4. The molecule has 1 saturated heterocycles. The van der Waals surface area contributed by atoms with E-state index in [1.165, 1.54) is 0 Å². The van der Waals surface area contributed by atoms with Gasteiger partial charge in [-0.05, 0) is 13.3 Å². The number of rotatable bonds is 9. The van der Waals surface area contributed by atoms with E-state index in [0.29, 0.717) is 45.9 Å². The number of nitrogens with zero attached hydrogens (tertiary/aromatic N) is 1. The normalized spacial score (nSPS) is 21.7. The molecular weight excluding hydrogens is 248 g/mol. The van der Waals surface area contributed by atoms with Crippen LogP contribution in [0.3, 0.4) is 0 Å². The molecule has 0 aromatic carbocycles. The van der Waals surface area contributed by atoms with Crippen LogP contribution in [0.1, 0.15) is 19.8 Å². The van der Waals surface area contributed by atoms with Crippen LogP contribution in [0.5, 0.6) is 0 Å². The second-order valence-corrected chi connectivity index (χ2v) is 4.84. The number of carbonyl (C=O) groups excluding carboxylic acids is 1. The molecule has 0 bridgehead atoms. The quantitative estimate of drug-likeness (QED) is 0.560. The van der Waals surface area contributed by atoms with E-state index < -0.39 is 6.10 Å². The van der Waals surface area contributed by atoms with Gasteiger partial charge in [0, 0.05) is 39.2 Å². The molecule has 2 atom stereocenters. The van der Waals surface area contributed by atoms with E-state index in [4.69, 9.17) is 9.47 Å². The highest BCUT2D eigenvalue weighted by Crippen LogP contribution is 2.09. The SMILES string of the molecule is CCOCCOCC(O)CNC1CCC(=O)N(C)C1. The average molecular weight is 274 g/mol. The summed E-state index contributed by atoms with van der Waals surface area (Å²) < 4.78 is 10.4. The smallest absolute Gasteiger partial charge is 0.222 e. The Kier molecular flexibility index (Phi) is 7.97. The average Bonchev–Trinajstić information content (AvgIpc) is 2.40. The largest absolute Gasteiger partial charge is 0.389 e. The molecule has 1 heterocycles. The summed E-state index contributed by atoms with van der Waals surface area (Å²) in [4.78, 5) is 13.1. The van der Waals surface area contributed by atoms with Gasteiger partial charge in [-0.2, -0.15) is 0 Å². The molecule has 2 unspecified atom stereocenters. The standard InChI is InChI=1S/C13H26N2O4/c1-3-18-6-7-19-10-12(16)8-14-11-4-5-13(17)15(2)9-11/h11-12,14,16H,3-10H2,1-2H3. The first-order valence-corrected chi connectivity index (χ1v) is 6.94. The molecule has 0 saturated carbocycles. The summed E-state index contributed by atoms with van der Waals surface area (Å²) in [5.74, 6) is 0.192. The van der Waals surface area contributed by atoms with Gasteiger partial charge in [-0.25, -0.2) is 0 Å². The zero-order chi connectivity index (χ0) is 14.1. The highest BCUT2D eigenvalue weighted by atomic mass is 16.5. The monoisotopic (exact) mass is 274 g/mol. The molecule has 2 N–H and O–H groups in total. The van der Waals surface area contributed by atoms with Crippen LogP contribution in [0.25, 0.3) is 0 Å². The van der Waals surface area contributed by atoms with Gasteiger partial charge in [-0.15, -0.1) is 0 Å². The molecule has 1 fully saturated rings. The van der Waals surface area contributed by atoms with Gasteiger partial charge >= 0.3 is 0 Å². The Hall–Kier alpha value is -0.690. The molecule has 19 heavy (non-hydrogen) atoms. The van der Waals surface area contributed by atoms with Gasteiger partial charge < -0.3 is 24.8 Å². The first-order valence-electron chi connectivity index (χ1n) is 6.94. The number of likely N-dealkylation sites (tertiary alicyclic amines) is 1. The van der Waals surface area contributed by atoms with E-state index in [1.54, 1.807) is 4.90 Å². The van der Waals surface area contributed by atoms with Gasteiger partial charge in [0.2, 0.25) is 5.91 Å². The highest BCUT2D eigenvalue weighted by Gasteiger charge is 2.22. The van der Waals surface area contributed by atoms with Crippen molar-refractivity contribution in [2.75, 3.05) is 46.6 Å². The number of nitrogens with one attached hydrogen (secondary N) is 1. The van der Waals surface area contributed by atoms with Crippen molar-refractivity contribution in [1.82, 2.24) is 10.2 Å². The fraction of sp³-hybridized carbons (Fsp3) is 0.923. The summed E-state index contributed by atoms with van der Waals surface area (Å²) in [6.07, 6.45) is 0.889. The van der Waals surface area contributed by atoms with Crippen LogP contribution in [-0.2, 0) is 14.3 Å². The molecule has 0 radical (unpaired) electrons. The predicted octanol–water partition coefficient (Wildman–Crippen LogP) is -0.389. The lowest BCUT2D eigenvalue weighted by Gasteiger charge is -2.30. The summed E-state index contributed by atoms with van der Waals surface area (Å²) in [6.45, 7) is 5.18. The van der Waals surface area contributed by atoms with Crippen LogP contribution in [0, 0.1) is 0 Å². The van der Waals surface area contributed by atoms with Crippen LogP contribution in [-0.4, -0.2) is 74.6 Å². The van der Waals surface area contributed by atoms with E-state index in [9.17, 15) is 9.90 Å². The van der Waals surface area contributed by atoms with Crippen LogP contribution in [0.15, 0.2) is 0 Å². The lowest BCUT2D eigenvalue weighted by molar-refractivity contribution is -0.132. The number of amides is 1. The summed E-state index contributed by atoms with van der Waals surface area (Å²) in [5.41, 5.74) is 0. The topological polar surface area (TPSA) is 71.0 Å². The van der Waals surface area contributed by atoms with Crippen LogP contribution < -0.4 is 5.32 Å². The minimum Gasteiger partial charge on any atom is -0.389 e. The molecule has 0 aromatic heterocycles. The van der Waals surface area contributed by atoms with E-state index in [1.807, 2.05) is 14.0 Å². The number of carbonyl (C=O) groups is 1. The molecule has 1 aliphatic heterocycles. The molecule has 0 aliphatic carbocycles. The number of aliphatic hydroxyl groups excluding tert-OH is 1. The minimum atomic E-state index is -0.524. The Morgan fingerprint density at radius 1 is 1.47 bits per heavy atom. The zero-order valence-electron chi connectivity index (χ0n) is 11.9. The van der Waals surface area contributed by atoms with Crippen LogP contribution in [0.4, 0.5) is 0 Å². The van der Waals surface area contributed by atoms with Gasteiger partial charge in [0.05, 0.1) is 25.9 Å². The maximum atomic E-state index is 11.3. The van der Waals surface area contributed by atoms with Crippen molar-refractivity contribution < 1.29 is 19.4 Å². The van der Waals surface area contributed by atoms with E-state index in [2.05, 4.69) is 5.32 Å². The number of piperidine rings is 1. The Labute approximate surface area is 115 Å². The third-order valence-corrected chi connectivity index (χ3v) is 3.16. The molecule has 112 valence electrons. The van der Waals surface area contributed by atoms with E-state index >= 15 is 0 Å². The highest BCUT2D eigenvalue weighted by molar-refractivity contribution is 5.76. The van der Waals surface area contributed by atoms with Crippen LogP contribution in [0.2, 0.25) is 0 Å². The van der Waals surface area contributed by atoms with E-state index in [-0.39, 0.29) is 11.9 Å². The van der Waals surface area contributed by atoms with Crippen molar-refractivity contribution in [2.24, 2.45) is 0 Å². The fourth-order valence-corrected chi connectivity index (χ4v) is 2.02. The van der Waals surface area contributed by atoms with Crippen molar-refractivity contribution in [3.05, 3.63) is 0 Å². The van der Waals surface area contributed by atoms with Gasteiger partial charge in [0.15, 0.2) is 0 Å². The van der Waals surface area contributed by atoms with Crippen molar-refractivity contribution in [3.63, 3.8) is 0 Å². The van der Waals surface area contributed by atoms with Crippen LogP contribution >= 0.6 is 0 Å². The molecule has 6 nitrogen and oxygen atoms in total. The first-order chi connectivity index (χ1) is 9.13. The molecule has 1 rings (SSSR count). The minimum absolute atomic E-state index is 0.192. The predicted molar refractivity (Wildman–Crippen MR) is 72.0 cm³/mol. The number of hydrogen-bond donors (Lipinski definition) is 2. The second kappa shape index (κ2) is 9.25. The van der Waals surface area contributed by atoms with Gasteiger partial charge in [-0.1, -0.05) is 0 Å². The summed E-state index contributed by atoms with van der Waals surface area (Å²) >= 11 is 0. The molecule has 1 aliphatic rings. The summed E-state index contributed by atoms with van der Waals surface area (Å²) in [5, 5.41) is 13.0. The van der Waals surface area contributed by atoms with Gasteiger partial charge in [0.25, 0.3) is 0 Å². The van der Waals surface area contributed by atoms with Crippen molar-refractivity contribution >= 4 is 5.91 Å². The molecule has 0 spiro atoms. The molecule has 6 heteroatoms. The Morgan fingerprint density at radius 3 is 2.89 bits per heavy atom. The Morgan fingerprint density at radius 2 is 2.21 bits per heavy atom. The number of hydrogen-bond acceptors (Lipinski definition) is 5. The van der Waals surface area contributed by atoms with Gasteiger partial charge in [0.1, 0.15) is 0 Å². The lowest BCUT2D eigenvalue weighted by atomic mass is 10.1. The third-order valence-electron chi connectivity index (χ3n) is 3.16. The van der Waals surface area contributed by atoms with E-state index in [0.717, 1.165) is 6.42 Å². The zero-order valence-corrected chi connectivity index (χ0v) is 11.9. The summed E-state index contributed by atoms with van der Waals surface area (Å²) in [7, 11) is 1.81. The Bertz CT molecular complexity index is 263. The van der Waals surface area contributed by atoms with Crippen molar-refractivity contribution in [2.45, 2.75) is 31.9 Å². The first kappa shape index (κ1) is 16.4. The van der Waals surface area contributed by atoms with Crippen molar-refractivity contribution in [3.8, 4) is 0 Å². The Balaban J connectivity index is 2.03.